The summed E-state index contributed by atoms with van der Waals surface area (Å²) in [5.74, 6) is -0.245. The van der Waals surface area contributed by atoms with Crippen LogP contribution in [0.1, 0.15) is 15.9 Å². The third-order valence-electron chi connectivity index (χ3n) is 1.77. The van der Waals surface area contributed by atoms with Crippen molar-refractivity contribution in [3.8, 4) is 0 Å². The Morgan fingerprint density at radius 1 is 1.54 bits per heavy atom. The zero-order valence-electron chi connectivity index (χ0n) is 7.36. The highest BCUT2D eigenvalue weighted by atomic mass is 16.3. The van der Waals surface area contributed by atoms with Gasteiger partial charge in [0.05, 0.1) is 0 Å². The molecule has 0 aromatic heterocycles. The van der Waals surface area contributed by atoms with Gasteiger partial charge < -0.3 is 5.11 Å². The first kappa shape index (κ1) is 9.68. The molecule has 0 saturated carbocycles. The van der Waals surface area contributed by atoms with Gasteiger partial charge in [-0.25, -0.2) is 0 Å². The molecule has 0 spiro atoms. The summed E-state index contributed by atoms with van der Waals surface area (Å²) >= 11 is 0. The molecule has 0 amide bonds. The van der Waals surface area contributed by atoms with Crippen molar-refractivity contribution >= 4 is 5.78 Å². The van der Waals surface area contributed by atoms with Crippen LogP contribution in [-0.4, -0.2) is 17.5 Å². The van der Waals surface area contributed by atoms with Gasteiger partial charge in [-0.05, 0) is 18.1 Å². The molecule has 0 radical (unpaired) electrons. The van der Waals surface area contributed by atoms with E-state index >= 15 is 0 Å². The lowest BCUT2D eigenvalue weighted by Gasteiger charge is -2.00. The van der Waals surface area contributed by atoms with Crippen molar-refractivity contribution in [2.75, 3.05) is 6.61 Å². The molecular formula is C11H12O2. The summed E-state index contributed by atoms with van der Waals surface area (Å²) in [7, 11) is 0. The zero-order chi connectivity index (χ0) is 9.68. The summed E-state index contributed by atoms with van der Waals surface area (Å²) in [6.07, 6.45) is 2.52. The van der Waals surface area contributed by atoms with Crippen LogP contribution >= 0.6 is 0 Å². The number of ketones is 1. The number of aliphatic hydroxyl groups excluding tert-OH is 1. The van der Waals surface area contributed by atoms with E-state index < -0.39 is 6.61 Å². The molecule has 68 valence electrons. The fourth-order valence-corrected chi connectivity index (χ4v) is 1.13. The van der Waals surface area contributed by atoms with Gasteiger partial charge in [0.25, 0.3) is 0 Å². The van der Waals surface area contributed by atoms with Crippen LogP contribution in [0.2, 0.25) is 0 Å². The van der Waals surface area contributed by atoms with Crippen LogP contribution < -0.4 is 0 Å². The first-order valence-corrected chi connectivity index (χ1v) is 4.12. The number of carbonyl (C=O) groups excluding carboxylic acids is 1. The lowest BCUT2D eigenvalue weighted by atomic mass is 10.1. The molecule has 1 aromatic rings. The molecule has 0 heterocycles. The zero-order valence-corrected chi connectivity index (χ0v) is 7.36. The molecule has 0 fully saturated rings. The first-order chi connectivity index (χ1) is 6.27. The number of hydrogen-bond acceptors (Lipinski definition) is 2. The molecule has 0 aliphatic carbocycles. The average molecular weight is 176 g/mol. The van der Waals surface area contributed by atoms with Crippen molar-refractivity contribution in [2.24, 2.45) is 0 Å². The Bertz CT molecular complexity index is 316. The summed E-state index contributed by atoms with van der Waals surface area (Å²) in [6.45, 7) is 3.18. The highest BCUT2D eigenvalue weighted by Crippen LogP contribution is 2.06. The van der Waals surface area contributed by atoms with Gasteiger partial charge in [0.1, 0.15) is 6.61 Å². The number of benzene rings is 1. The molecule has 0 saturated heterocycles. The van der Waals surface area contributed by atoms with Crippen LogP contribution in [-0.2, 0) is 6.42 Å². The Morgan fingerprint density at radius 2 is 2.31 bits per heavy atom. The fraction of sp³-hybridized carbons (Fsp3) is 0.182. The second-order valence-electron chi connectivity index (χ2n) is 2.77. The molecule has 2 nitrogen and oxygen atoms in total. The molecule has 2 heteroatoms. The standard InChI is InChI=1S/C11H12O2/c1-2-4-9-5-3-6-10(7-9)11(13)8-12/h2-3,5-7,12H,1,4,8H2. The van der Waals surface area contributed by atoms with E-state index in [-0.39, 0.29) is 5.78 Å². The monoisotopic (exact) mass is 176 g/mol. The highest BCUT2D eigenvalue weighted by Gasteiger charge is 2.03. The van der Waals surface area contributed by atoms with E-state index in [0.717, 1.165) is 12.0 Å². The van der Waals surface area contributed by atoms with Crippen LogP contribution in [0.3, 0.4) is 0 Å². The Balaban J connectivity index is 2.90. The maximum absolute atomic E-state index is 11.1. The molecular weight excluding hydrogens is 164 g/mol. The molecule has 13 heavy (non-hydrogen) atoms. The SMILES string of the molecule is C=CCc1cccc(C(=O)CO)c1. The summed E-state index contributed by atoms with van der Waals surface area (Å²) in [5, 5.41) is 8.64. The third kappa shape index (κ3) is 2.53. The summed E-state index contributed by atoms with van der Waals surface area (Å²) < 4.78 is 0. The maximum atomic E-state index is 11.1. The van der Waals surface area contributed by atoms with Crippen molar-refractivity contribution in [3.63, 3.8) is 0 Å². The smallest absolute Gasteiger partial charge is 0.188 e. The lowest BCUT2D eigenvalue weighted by molar-refractivity contribution is 0.0903. The van der Waals surface area contributed by atoms with E-state index in [4.69, 9.17) is 5.11 Å². The molecule has 1 N–H and O–H groups in total. The van der Waals surface area contributed by atoms with Gasteiger partial charge in [0.2, 0.25) is 0 Å². The van der Waals surface area contributed by atoms with Gasteiger partial charge >= 0.3 is 0 Å². The van der Waals surface area contributed by atoms with Crippen LogP contribution in [0, 0.1) is 0 Å². The summed E-state index contributed by atoms with van der Waals surface area (Å²) in [4.78, 5) is 11.1. The minimum atomic E-state index is -0.433. The molecule has 0 bridgehead atoms. The van der Waals surface area contributed by atoms with Gasteiger partial charge in [-0.1, -0.05) is 24.3 Å². The van der Waals surface area contributed by atoms with E-state index in [9.17, 15) is 4.79 Å². The predicted molar refractivity (Wildman–Crippen MR) is 51.8 cm³/mol. The number of rotatable bonds is 4. The lowest BCUT2D eigenvalue weighted by Crippen LogP contribution is -2.04. The predicted octanol–water partition coefficient (Wildman–Crippen LogP) is 1.59. The minimum absolute atomic E-state index is 0.245. The van der Waals surface area contributed by atoms with Gasteiger partial charge in [-0.2, -0.15) is 0 Å². The highest BCUT2D eigenvalue weighted by molar-refractivity contribution is 5.97. The third-order valence-corrected chi connectivity index (χ3v) is 1.77. The second kappa shape index (κ2) is 4.58. The molecule has 0 aliphatic heterocycles. The van der Waals surface area contributed by atoms with Crippen LogP contribution in [0.15, 0.2) is 36.9 Å². The van der Waals surface area contributed by atoms with Gasteiger partial charge in [0.15, 0.2) is 5.78 Å². The second-order valence-corrected chi connectivity index (χ2v) is 2.77. The number of Topliss-reactive ketones (excluding diaryl/α,β-unsaturated/α-hetero) is 1. The maximum Gasteiger partial charge on any atom is 0.188 e. The van der Waals surface area contributed by atoms with Crippen molar-refractivity contribution < 1.29 is 9.90 Å². The quantitative estimate of drug-likeness (QED) is 0.558. The minimum Gasteiger partial charge on any atom is -0.388 e. The Labute approximate surface area is 77.5 Å². The van der Waals surface area contributed by atoms with E-state index in [0.29, 0.717) is 5.56 Å². The van der Waals surface area contributed by atoms with E-state index in [1.54, 1.807) is 18.2 Å². The van der Waals surface area contributed by atoms with Gasteiger partial charge in [-0.15, -0.1) is 6.58 Å². The number of aliphatic hydroxyl groups is 1. The van der Waals surface area contributed by atoms with Crippen LogP contribution in [0.5, 0.6) is 0 Å². The number of hydrogen-bond donors (Lipinski definition) is 1. The van der Waals surface area contributed by atoms with E-state index in [2.05, 4.69) is 6.58 Å². The van der Waals surface area contributed by atoms with Crippen molar-refractivity contribution in [1.82, 2.24) is 0 Å². The number of carbonyl (C=O) groups is 1. The normalized spacial score (nSPS) is 9.62. The molecule has 1 rings (SSSR count). The van der Waals surface area contributed by atoms with Gasteiger partial charge in [-0.3, -0.25) is 4.79 Å². The molecule has 0 unspecified atom stereocenters. The Hall–Kier alpha value is -1.41. The average Bonchev–Trinajstić information content (AvgIpc) is 2.18. The number of allylic oxidation sites excluding steroid dienone is 1. The van der Waals surface area contributed by atoms with Gasteiger partial charge in [0, 0.05) is 5.56 Å². The van der Waals surface area contributed by atoms with Crippen molar-refractivity contribution in [3.05, 3.63) is 48.0 Å². The molecule has 0 atom stereocenters. The summed E-state index contributed by atoms with van der Waals surface area (Å²) in [5.41, 5.74) is 1.59. The molecule has 1 aromatic carbocycles. The van der Waals surface area contributed by atoms with E-state index in [1.807, 2.05) is 12.1 Å². The van der Waals surface area contributed by atoms with E-state index in [1.165, 1.54) is 0 Å². The largest absolute Gasteiger partial charge is 0.388 e. The van der Waals surface area contributed by atoms with Crippen LogP contribution in [0.25, 0.3) is 0 Å². The van der Waals surface area contributed by atoms with Crippen LogP contribution in [0.4, 0.5) is 0 Å². The summed E-state index contributed by atoms with van der Waals surface area (Å²) in [6, 6.07) is 7.21. The van der Waals surface area contributed by atoms with Crippen molar-refractivity contribution in [1.29, 1.82) is 0 Å². The molecule has 0 aliphatic rings. The fourth-order valence-electron chi connectivity index (χ4n) is 1.13. The van der Waals surface area contributed by atoms with Crippen molar-refractivity contribution in [2.45, 2.75) is 6.42 Å². The topological polar surface area (TPSA) is 37.3 Å². The first-order valence-electron chi connectivity index (χ1n) is 4.12. The Morgan fingerprint density at radius 3 is 2.92 bits per heavy atom. The Kier molecular flexibility index (Phi) is 3.41.